The number of nitrogens with one attached hydrogen (secondary N) is 1. The molecule has 2 rings (SSSR count). The van der Waals surface area contributed by atoms with E-state index in [-0.39, 0.29) is 18.5 Å². The molecule has 1 aliphatic rings. The van der Waals surface area contributed by atoms with Crippen molar-refractivity contribution < 1.29 is 11.9 Å². The van der Waals surface area contributed by atoms with Crippen LogP contribution in [0, 0.1) is 5.82 Å². The van der Waals surface area contributed by atoms with Gasteiger partial charge in [-0.15, -0.1) is 0 Å². The van der Waals surface area contributed by atoms with Crippen molar-refractivity contribution in [3.63, 3.8) is 0 Å². The van der Waals surface area contributed by atoms with Gasteiger partial charge in [-0.2, -0.15) is 0 Å². The summed E-state index contributed by atoms with van der Waals surface area (Å²) in [4.78, 5) is 0. The molecule has 0 radical (unpaired) electrons. The highest BCUT2D eigenvalue weighted by molar-refractivity contribution is 5.19. The molecular weight excluding hydrogens is 169 g/mol. The van der Waals surface area contributed by atoms with Crippen LogP contribution in [0.15, 0.2) is 24.3 Å². The molecule has 3 heteroatoms. The Balaban J connectivity index is 2.08. The smallest absolute Gasteiger partial charge is 0.123 e. The van der Waals surface area contributed by atoms with Crippen molar-refractivity contribution in [3.8, 4) is 0 Å². The molecule has 0 aliphatic carbocycles. The van der Waals surface area contributed by atoms with E-state index in [1.54, 1.807) is 12.1 Å². The van der Waals surface area contributed by atoms with Gasteiger partial charge < -0.3 is 10.1 Å². The van der Waals surface area contributed by atoms with E-state index >= 15 is 0 Å². The number of benzene rings is 1. The molecule has 1 aromatic rings. The van der Waals surface area contributed by atoms with Crippen molar-refractivity contribution in [2.75, 3.05) is 19.6 Å². The van der Waals surface area contributed by atoms with Crippen LogP contribution >= 0.6 is 0 Å². The molecule has 1 saturated heterocycles. The summed E-state index contributed by atoms with van der Waals surface area (Å²) >= 11 is 0. The first-order chi connectivity index (χ1) is 7.07. The number of rotatable bonds is 1. The summed E-state index contributed by atoms with van der Waals surface area (Å²) in [5.41, 5.74) is 0.734. The van der Waals surface area contributed by atoms with Crippen molar-refractivity contribution in [1.82, 2.24) is 5.32 Å². The molecule has 0 amide bonds. The Labute approximate surface area is 79.5 Å². The largest absolute Gasteiger partial charge is 0.371 e. The van der Waals surface area contributed by atoms with Gasteiger partial charge in [-0.1, -0.05) is 12.1 Å². The van der Waals surface area contributed by atoms with E-state index in [0.717, 1.165) is 5.56 Å². The molecule has 13 heavy (non-hydrogen) atoms. The normalized spacial score (nSPS) is 29.2. The van der Waals surface area contributed by atoms with Crippen LogP contribution in [0.4, 0.5) is 4.39 Å². The minimum Gasteiger partial charge on any atom is -0.371 e. The first-order valence-electron chi connectivity index (χ1n) is 5.19. The number of ether oxygens (including phenoxy) is 1. The SMILES string of the molecule is [2H]C1([2H])COC(c2cccc(F)c2)CN1. The average Bonchev–Trinajstić information content (AvgIpc) is 2.17. The van der Waals surface area contributed by atoms with Crippen LogP contribution in [0.25, 0.3) is 0 Å². The minimum absolute atomic E-state index is 0.0197. The highest BCUT2D eigenvalue weighted by atomic mass is 19.1. The van der Waals surface area contributed by atoms with Crippen molar-refractivity contribution in [3.05, 3.63) is 35.6 Å². The van der Waals surface area contributed by atoms with Crippen LogP contribution in [0.5, 0.6) is 0 Å². The van der Waals surface area contributed by atoms with E-state index in [0.29, 0.717) is 6.54 Å². The van der Waals surface area contributed by atoms with E-state index in [2.05, 4.69) is 5.32 Å². The first-order valence-corrected chi connectivity index (χ1v) is 4.19. The van der Waals surface area contributed by atoms with E-state index in [4.69, 9.17) is 7.48 Å². The lowest BCUT2D eigenvalue weighted by molar-refractivity contribution is 0.0275. The number of hydrogen-bond acceptors (Lipinski definition) is 2. The molecule has 0 spiro atoms. The Morgan fingerprint density at radius 2 is 2.54 bits per heavy atom. The molecular formula is C10H12FNO. The molecule has 0 aromatic heterocycles. The van der Waals surface area contributed by atoms with Gasteiger partial charge in [-0.3, -0.25) is 0 Å². The summed E-state index contributed by atoms with van der Waals surface area (Å²) in [6.45, 7) is -1.14. The van der Waals surface area contributed by atoms with E-state index in [1.165, 1.54) is 12.1 Å². The maximum absolute atomic E-state index is 12.9. The molecule has 1 fully saturated rings. The molecule has 70 valence electrons. The minimum atomic E-state index is -1.48. The van der Waals surface area contributed by atoms with Gasteiger partial charge in [0.05, 0.1) is 12.7 Å². The van der Waals surface area contributed by atoms with Crippen molar-refractivity contribution in [2.45, 2.75) is 6.10 Å². The second-order valence-electron chi connectivity index (χ2n) is 2.91. The van der Waals surface area contributed by atoms with Crippen molar-refractivity contribution in [2.24, 2.45) is 0 Å². The molecule has 2 nitrogen and oxygen atoms in total. The first kappa shape index (κ1) is 6.51. The molecule has 1 unspecified atom stereocenters. The van der Waals surface area contributed by atoms with Crippen LogP contribution in [-0.4, -0.2) is 19.6 Å². The van der Waals surface area contributed by atoms with Crippen LogP contribution in [-0.2, 0) is 4.74 Å². The fourth-order valence-electron chi connectivity index (χ4n) is 1.34. The molecule has 0 saturated carbocycles. The fourth-order valence-corrected chi connectivity index (χ4v) is 1.34. The molecule has 1 aromatic carbocycles. The van der Waals surface area contributed by atoms with E-state index in [9.17, 15) is 4.39 Å². The van der Waals surface area contributed by atoms with Gasteiger partial charge in [0, 0.05) is 15.8 Å². The molecule has 1 N–H and O–H groups in total. The second kappa shape index (κ2) is 3.85. The van der Waals surface area contributed by atoms with Crippen molar-refractivity contribution in [1.29, 1.82) is 0 Å². The monoisotopic (exact) mass is 183 g/mol. The average molecular weight is 183 g/mol. The van der Waals surface area contributed by atoms with Crippen LogP contribution in [0.1, 0.15) is 14.4 Å². The second-order valence-corrected chi connectivity index (χ2v) is 2.91. The standard InChI is InChI=1S/C10H12FNO/c11-9-3-1-2-8(6-9)10-7-12-4-5-13-10/h1-3,6,10,12H,4-5,7H2/i4D2. The zero-order chi connectivity index (χ0) is 10.9. The van der Waals surface area contributed by atoms with Crippen LogP contribution < -0.4 is 5.32 Å². The van der Waals surface area contributed by atoms with Crippen molar-refractivity contribution >= 4 is 0 Å². The van der Waals surface area contributed by atoms with Gasteiger partial charge in [0.25, 0.3) is 0 Å². The number of hydrogen-bond donors (Lipinski definition) is 1. The van der Waals surface area contributed by atoms with Gasteiger partial charge in [-0.25, -0.2) is 4.39 Å². The van der Waals surface area contributed by atoms with Gasteiger partial charge in [-0.05, 0) is 17.7 Å². The topological polar surface area (TPSA) is 21.3 Å². The maximum atomic E-state index is 12.9. The van der Waals surface area contributed by atoms with Gasteiger partial charge in [0.2, 0.25) is 0 Å². The quantitative estimate of drug-likeness (QED) is 0.712. The lowest BCUT2D eigenvalue weighted by Gasteiger charge is -2.23. The zero-order valence-corrected chi connectivity index (χ0v) is 7.09. The number of morpholine rings is 1. The van der Waals surface area contributed by atoms with E-state index in [1.807, 2.05) is 0 Å². The lowest BCUT2D eigenvalue weighted by atomic mass is 10.1. The third-order valence-electron chi connectivity index (χ3n) is 1.99. The Morgan fingerprint density at radius 3 is 3.23 bits per heavy atom. The fraction of sp³-hybridized carbons (Fsp3) is 0.400. The Hall–Kier alpha value is -0.930. The predicted octanol–water partition coefficient (Wildman–Crippen LogP) is 1.49. The summed E-state index contributed by atoms with van der Waals surface area (Å²) in [7, 11) is 0. The summed E-state index contributed by atoms with van der Waals surface area (Å²) in [6, 6.07) is 6.18. The van der Waals surface area contributed by atoms with Gasteiger partial charge in [0.15, 0.2) is 0 Å². The third kappa shape index (κ3) is 2.05. The summed E-state index contributed by atoms with van der Waals surface area (Å²) in [6.07, 6.45) is -0.274. The highest BCUT2D eigenvalue weighted by Crippen LogP contribution is 2.18. The summed E-state index contributed by atoms with van der Waals surface area (Å²) in [5.74, 6) is -0.301. The van der Waals surface area contributed by atoms with Crippen LogP contribution in [0.2, 0.25) is 0 Å². The Morgan fingerprint density at radius 1 is 1.62 bits per heavy atom. The van der Waals surface area contributed by atoms with E-state index < -0.39 is 6.50 Å². The molecule has 0 bridgehead atoms. The van der Waals surface area contributed by atoms with Gasteiger partial charge >= 0.3 is 0 Å². The zero-order valence-electron chi connectivity index (χ0n) is 9.09. The predicted molar refractivity (Wildman–Crippen MR) is 48.0 cm³/mol. The Bertz CT molecular complexity index is 349. The molecule has 1 aliphatic heterocycles. The van der Waals surface area contributed by atoms with Gasteiger partial charge in [0.1, 0.15) is 5.82 Å². The number of halogens is 1. The molecule has 1 atom stereocenters. The highest BCUT2D eigenvalue weighted by Gasteiger charge is 2.15. The maximum Gasteiger partial charge on any atom is 0.123 e. The Kier molecular flexibility index (Phi) is 1.93. The third-order valence-corrected chi connectivity index (χ3v) is 1.99. The van der Waals surface area contributed by atoms with Crippen LogP contribution in [0.3, 0.4) is 0 Å². The summed E-state index contributed by atoms with van der Waals surface area (Å²) < 4.78 is 33.0. The molecule has 1 heterocycles. The lowest BCUT2D eigenvalue weighted by Crippen LogP contribution is -2.33. The summed E-state index contributed by atoms with van der Waals surface area (Å²) in [5, 5.41) is 2.71.